The highest BCUT2D eigenvalue weighted by Gasteiger charge is 2.38. The minimum absolute atomic E-state index is 0.114. The highest BCUT2D eigenvalue weighted by atomic mass is 19.2. The highest BCUT2D eigenvalue weighted by molar-refractivity contribution is 6.03. The number of H-pyrrole nitrogens is 1. The Morgan fingerprint density at radius 3 is 2.27 bits per heavy atom. The Balaban J connectivity index is 1.56. The summed E-state index contributed by atoms with van der Waals surface area (Å²) in [5.74, 6) is -4.02. The third-order valence-corrected chi connectivity index (χ3v) is 7.36. The molecule has 9 heteroatoms. The summed E-state index contributed by atoms with van der Waals surface area (Å²) in [6.07, 6.45) is -2.01. The third kappa shape index (κ3) is 4.13. The van der Waals surface area contributed by atoms with Crippen molar-refractivity contribution in [2.45, 2.75) is 12.2 Å². The van der Waals surface area contributed by atoms with Crippen molar-refractivity contribution in [3.8, 4) is 28.2 Å². The molecule has 0 spiro atoms. The van der Waals surface area contributed by atoms with Gasteiger partial charge in [0.15, 0.2) is 23.3 Å². The van der Waals surface area contributed by atoms with Crippen LogP contribution in [0.1, 0.15) is 29.0 Å². The molecular formula is C32H21F4N3O2. The maximum atomic E-state index is 14.5. The Labute approximate surface area is 231 Å². The standard InChI is InChI=1S/C32H21F4N3O2/c33-21-12-10-17(14-23(21)35)27-20-8-4-5-9-25(20)37-29(27)30-28-31(39(38-30)19-6-2-1-3-7-19)26(40)16-41-32(28)18-11-13-22(34)24(36)15-18/h1-15,26,32,37,40H,16H2/t26-,32+/m1/s1. The van der Waals surface area contributed by atoms with Crippen LogP contribution in [0.25, 0.3) is 39.1 Å². The van der Waals surface area contributed by atoms with Crippen LogP contribution < -0.4 is 0 Å². The normalized spacial score (nSPS) is 16.7. The number of aliphatic hydroxyl groups is 1. The molecule has 2 atom stereocenters. The van der Waals surface area contributed by atoms with Gasteiger partial charge in [0.2, 0.25) is 0 Å². The molecule has 3 heterocycles. The number of aliphatic hydroxyl groups excluding tert-OH is 1. The number of ether oxygens (including phenoxy) is 1. The van der Waals surface area contributed by atoms with Crippen LogP contribution in [0.15, 0.2) is 91.0 Å². The largest absolute Gasteiger partial charge is 0.384 e. The second-order valence-electron chi connectivity index (χ2n) is 9.85. The van der Waals surface area contributed by atoms with E-state index in [0.717, 1.165) is 29.7 Å². The molecule has 0 saturated heterocycles. The van der Waals surface area contributed by atoms with Crippen molar-refractivity contribution < 1.29 is 27.4 Å². The van der Waals surface area contributed by atoms with E-state index in [1.807, 2.05) is 54.6 Å². The SMILES string of the molecule is O[C@@H]1CO[C@@H](c2ccc(F)c(F)c2)c2c(-c3[nH]c4ccccc4c3-c3ccc(F)c(F)c3)nn(-c3ccccc3)c21. The van der Waals surface area contributed by atoms with Crippen LogP contribution in [-0.4, -0.2) is 26.5 Å². The summed E-state index contributed by atoms with van der Waals surface area (Å²) >= 11 is 0. The number of hydrogen-bond acceptors (Lipinski definition) is 3. The van der Waals surface area contributed by atoms with Crippen molar-refractivity contribution in [3.63, 3.8) is 0 Å². The lowest BCUT2D eigenvalue weighted by Crippen LogP contribution is -2.23. The molecule has 6 aromatic rings. The zero-order valence-electron chi connectivity index (χ0n) is 21.3. The third-order valence-electron chi connectivity index (χ3n) is 7.36. The van der Waals surface area contributed by atoms with Crippen LogP contribution in [0.3, 0.4) is 0 Å². The maximum Gasteiger partial charge on any atom is 0.159 e. The lowest BCUT2D eigenvalue weighted by Gasteiger charge is -2.28. The van der Waals surface area contributed by atoms with Gasteiger partial charge in [0.05, 0.1) is 23.7 Å². The van der Waals surface area contributed by atoms with E-state index in [1.165, 1.54) is 12.1 Å². The summed E-state index contributed by atoms with van der Waals surface area (Å²) in [4.78, 5) is 3.37. The van der Waals surface area contributed by atoms with Gasteiger partial charge in [-0.05, 0) is 53.6 Å². The molecule has 5 nitrogen and oxygen atoms in total. The topological polar surface area (TPSA) is 63.1 Å². The molecule has 0 aliphatic carbocycles. The number of benzene rings is 4. The van der Waals surface area contributed by atoms with Crippen molar-refractivity contribution in [1.82, 2.24) is 14.8 Å². The number of nitrogens with zero attached hydrogens (tertiary/aromatic N) is 2. The van der Waals surface area contributed by atoms with Gasteiger partial charge in [-0.3, -0.25) is 0 Å². The zero-order valence-corrected chi connectivity index (χ0v) is 21.3. The summed E-state index contributed by atoms with van der Waals surface area (Å²) < 4.78 is 64.4. The van der Waals surface area contributed by atoms with E-state index >= 15 is 0 Å². The molecule has 0 bridgehead atoms. The second kappa shape index (κ2) is 9.72. The molecule has 0 radical (unpaired) electrons. The van der Waals surface area contributed by atoms with E-state index in [9.17, 15) is 22.7 Å². The van der Waals surface area contributed by atoms with E-state index in [-0.39, 0.29) is 6.61 Å². The zero-order chi connectivity index (χ0) is 28.2. The number of hydrogen-bond donors (Lipinski definition) is 2. The number of rotatable bonds is 4. The number of fused-ring (bicyclic) bond motifs is 2. The van der Waals surface area contributed by atoms with Crippen LogP contribution in [0, 0.1) is 23.3 Å². The Morgan fingerprint density at radius 1 is 0.805 bits per heavy atom. The highest BCUT2D eigenvalue weighted by Crippen LogP contribution is 2.47. The smallest absolute Gasteiger partial charge is 0.159 e. The Hall–Kier alpha value is -4.73. The Kier molecular flexibility index (Phi) is 5.99. The van der Waals surface area contributed by atoms with Crippen molar-refractivity contribution in [2.75, 3.05) is 6.61 Å². The fraction of sp³-hybridized carbons (Fsp3) is 0.0938. The molecule has 0 unspecified atom stereocenters. The molecule has 41 heavy (non-hydrogen) atoms. The first-order valence-electron chi connectivity index (χ1n) is 12.9. The fourth-order valence-electron chi connectivity index (χ4n) is 5.53. The average molecular weight is 556 g/mol. The Morgan fingerprint density at radius 2 is 1.51 bits per heavy atom. The maximum absolute atomic E-state index is 14.5. The number of para-hydroxylation sites is 2. The van der Waals surface area contributed by atoms with Crippen LogP contribution in [0.4, 0.5) is 17.6 Å². The van der Waals surface area contributed by atoms with Gasteiger partial charge < -0.3 is 14.8 Å². The number of aromatic amines is 1. The molecule has 0 amide bonds. The summed E-state index contributed by atoms with van der Waals surface area (Å²) in [5, 5.41) is 16.9. The summed E-state index contributed by atoms with van der Waals surface area (Å²) in [6, 6.07) is 23.7. The number of nitrogens with one attached hydrogen (secondary N) is 1. The van der Waals surface area contributed by atoms with Gasteiger partial charge in [-0.25, -0.2) is 22.2 Å². The molecule has 204 valence electrons. The first kappa shape index (κ1) is 25.3. The fourth-order valence-corrected chi connectivity index (χ4v) is 5.53. The van der Waals surface area contributed by atoms with Gasteiger partial charge in [0.1, 0.15) is 17.9 Å². The van der Waals surface area contributed by atoms with E-state index in [0.29, 0.717) is 50.5 Å². The minimum atomic E-state index is -1.09. The van der Waals surface area contributed by atoms with Gasteiger partial charge in [0, 0.05) is 22.0 Å². The van der Waals surface area contributed by atoms with E-state index in [4.69, 9.17) is 9.84 Å². The van der Waals surface area contributed by atoms with Crippen LogP contribution in [-0.2, 0) is 4.74 Å². The molecule has 1 aliphatic rings. The summed E-state index contributed by atoms with van der Waals surface area (Å²) in [5.41, 5.74) is 4.34. The van der Waals surface area contributed by atoms with E-state index in [1.54, 1.807) is 4.68 Å². The number of aromatic nitrogens is 3. The summed E-state index contributed by atoms with van der Waals surface area (Å²) in [6.45, 7) is -0.114. The molecule has 0 saturated carbocycles. The van der Waals surface area contributed by atoms with Crippen molar-refractivity contribution in [2.24, 2.45) is 0 Å². The average Bonchev–Trinajstić information content (AvgIpc) is 3.57. The monoisotopic (exact) mass is 555 g/mol. The van der Waals surface area contributed by atoms with Crippen LogP contribution in [0.2, 0.25) is 0 Å². The number of halogens is 4. The molecule has 2 aromatic heterocycles. The van der Waals surface area contributed by atoms with Crippen LogP contribution >= 0.6 is 0 Å². The quantitative estimate of drug-likeness (QED) is 0.223. The van der Waals surface area contributed by atoms with Gasteiger partial charge in [-0.1, -0.05) is 48.5 Å². The van der Waals surface area contributed by atoms with Gasteiger partial charge in [-0.2, -0.15) is 5.10 Å². The van der Waals surface area contributed by atoms with Crippen molar-refractivity contribution in [3.05, 3.63) is 131 Å². The molecule has 1 aliphatic heterocycles. The van der Waals surface area contributed by atoms with Crippen molar-refractivity contribution >= 4 is 10.9 Å². The van der Waals surface area contributed by atoms with E-state index < -0.39 is 35.5 Å². The Bertz CT molecular complexity index is 1930. The summed E-state index contributed by atoms with van der Waals surface area (Å²) in [7, 11) is 0. The van der Waals surface area contributed by atoms with Crippen molar-refractivity contribution in [1.29, 1.82) is 0 Å². The van der Waals surface area contributed by atoms with Crippen LogP contribution in [0.5, 0.6) is 0 Å². The first-order chi connectivity index (χ1) is 19.9. The molecule has 4 aromatic carbocycles. The molecular weight excluding hydrogens is 534 g/mol. The molecule has 2 N–H and O–H groups in total. The van der Waals surface area contributed by atoms with Gasteiger partial charge in [-0.15, -0.1) is 0 Å². The second-order valence-corrected chi connectivity index (χ2v) is 9.85. The first-order valence-corrected chi connectivity index (χ1v) is 12.9. The van der Waals surface area contributed by atoms with E-state index in [2.05, 4.69) is 4.98 Å². The predicted octanol–water partition coefficient (Wildman–Crippen LogP) is 7.40. The lowest BCUT2D eigenvalue weighted by atomic mass is 9.91. The molecule has 7 rings (SSSR count). The lowest BCUT2D eigenvalue weighted by molar-refractivity contribution is -0.0162. The predicted molar refractivity (Wildman–Crippen MR) is 145 cm³/mol. The molecule has 0 fully saturated rings. The minimum Gasteiger partial charge on any atom is -0.384 e. The van der Waals surface area contributed by atoms with Gasteiger partial charge in [0.25, 0.3) is 0 Å². The van der Waals surface area contributed by atoms with Gasteiger partial charge >= 0.3 is 0 Å².